The number of nitrogens with two attached hydrogens (primary N) is 1. The maximum absolute atomic E-state index is 13.2. The van der Waals surface area contributed by atoms with Crippen LogP contribution >= 0.6 is 0 Å². The molecule has 9 heteroatoms. The number of nitrogens with one attached hydrogen (secondary N) is 1. The number of imidazole rings is 1. The summed E-state index contributed by atoms with van der Waals surface area (Å²) in [5.74, 6) is 1.02. The van der Waals surface area contributed by atoms with Crippen LogP contribution < -0.4 is 15.2 Å². The Labute approximate surface area is 176 Å². The summed E-state index contributed by atoms with van der Waals surface area (Å²) < 4.78 is 35.9. The Bertz CT molecular complexity index is 1170. The van der Waals surface area contributed by atoms with Crippen molar-refractivity contribution in [3.8, 4) is 17.0 Å². The van der Waals surface area contributed by atoms with Crippen LogP contribution in [0.3, 0.4) is 0 Å². The minimum Gasteiger partial charge on any atom is -0.593 e. The fraction of sp³-hybridized carbons (Fsp3) is 0.143. The van der Waals surface area contributed by atoms with Crippen LogP contribution in [0.4, 0.5) is 15.9 Å². The van der Waals surface area contributed by atoms with E-state index in [-0.39, 0.29) is 12.4 Å². The monoisotopic (exact) mass is 425 g/mol. The predicted molar refractivity (Wildman–Crippen MR) is 116 cm³/mol. The second-order valence-electron chi connectivity index (χ2n) is 6.52. The largest absolute Gasteiger partial charge is 0.593 e. The summed E-state index contributed by atoms with van der Waals surface area (Å²) in [6.07, 6.45) is 5.05. The van der Waals surface area contributed by atoms with Gasteiger partial charge in [0, 0.05) is 18.0 Å². The number of hydrogen-bond donors (Lipinski definition) is 2. The van der Waals surface area contributed by atoms with Gasteiger partial charge in [-0.1, -0.05) is 18.2 Å². The lowest BCUT2D eigenvalue weighted by molar-refractivity contribution is 0.308. The Balaban J connectivity index is 1.70. The molecular weight excluding hydrogens is 405 g/mol. The molecule has 30 heavy (non-hydrogen) atoms. The molecule has 0 aliphatic heterocycles. The molecule has 0 amide bonds. The number of ether oxygens (including phenoxy) is 1. The highest BCUT2D eigenvalue weighted by Crippen LogP contribution is 2.34. The number of aromatic nitrogens is 3. The van der Waals surface area contributed by atoms with E-state index in [9.17, 15) is 8.94 Å². The van der Waals surface area contributed by atoms with Crippen molar-refractivity contribution in [2.45, 2.75) is 13.5 Å². The Kier molecular flexibility index (Phi) is 5.73. The normalized spacial score (nSPS) is 12.1. The zero-order valence-corrected chi connectivity index (χ0v) is 17.0. The van der Waals surface area contributed by atoms with Crippen LogP contribution in [0.1, 0.15) is 12.5 Å². The van der Waals surface area contributed by atoms with Gasteiger partial charge in [0.15, 0.2) is 0 Å². The number of benzene rings is 2. The van der Waals surface area contributed by atoms with Crippen molar-refractivity contribution in [2.75, 3.05) is 16.2 Å². The van der Waals surface area contributed by atoms with Crippen LogP contribution in [0.15, 0.2) is 61.2 Å². The van der Waals surface area contributed by atoms with Crippen molar-refractivity contribution in [3.63, 3.8) is 0 Å². The average Bonchev–Trinajstić information content (AvgIpc) is 3.19. The Morgan fingerprint density at radius 1 is 1.20 bits per heavy atom. The van der Waals surface area contributed by atoms with Crippen LogP contribution in [0.25, 0.3) is 16.8 Å². The Morgan fingerprint density at radius 3 is 2.77 bits per heavy atom. The van der Waals surface area contributed by atoms with Crippen molar-refractivity contribution in [1.82, 2.24) is 14.4 Å². The molecule has 2 heterocycles. The summed E-state index contributed by atoms with van der Waals surface area (Å²) >= 11 is -1.24. The molecule has 154 valence electrons. The van der Waals surface area contributed by atoms with Gasteiger partial charge in [-0.3, -0.25) is 0 Å². The van der Waals surface area contributed by atoms with Crippen LogP contribution in [-0.2, 0) is 18.0 Å². The van der Waals surface area contributed by atoms with E-state index in [1.165, 1.54) is 12.1 Å². The van der Waals surface area contributed by atoms with Gasteiger partial charge in [-0.25, -0.2) is 19.1 Å². The zero-order chi connectivity index (χ0) is 21.1. The lowest BCUT2D eigenvalue weighted by Gasteiger charge is -2.16. The molecule has 0 bridgehead atoms. The highest BCUT2D eigenvalue weighted by molar-refractivity contribution is 7.92. The second-order valence-corrected chi connectivity index (χ2v) is 8.00. The third-order valence-electron chi connectivity index (χ3n) is 4.53. The summed E-state index contributed by atoms with van der Waals surface area (Å²) in [6.45, 7) is 2.05. The molecule has 0 aliphatic carbocycles. The smallest absolute Gasteiger partial charge is 0.150 e. The van der Waals surface area contributed by atoms with Crippen molar-refractivity contribution in [1.29, 1.82) is 0 Å². The van der Waals surface area contributed by atoms with E-state index in [2.05, 4.69) is 14.7 Å². The number of nitrogens with zero attached hydrogens (tertiary/aromatic N) is 3. The highest BCUT2D eigenvalue weighted by atomic mass is 32.2. The van der Waals surface area contributed by atoms with E-state index < -0.39 is 11.4 Å². The van der Waals surface area contributed by atoms with Gasteiger partial charge < -0.3 is 19.4 Å². The molecule has 0 radical (unpaired) electrons. The standard InChI is InChI=1S/C21H20FN5O2S/c1-2-30(28)26-17-8-5-15(19-20-21(23)24-9-10-27(20)13-25-19)11-18(17)29-12-14-3-6-16(22)7-4-14/h3-11,13,26H,2,12H2,1H3,(H2,23,24). The van der Waals surface area contributed by atoms with Crippen LogP contribution in [0.5, 0.6) is 5.75 Å². The third-order valence-corrected chi connectivity index (χ3v) is 5.50. The van der Waals surface area contributed by atoms with Gasteiger partial charge in [-0.15, -0.1) is 0 Å². The maximum Gasteiger partial charge on any atom is 0.150 e. The van der Waals surface area contributed by atoms with Gasteiger partial charge in [0.05, 0.1) is 17.1 Å². The predicted octanol–water partition coefficient (Wildman–Crippen LogP) is 3.79. The van der Waals surface area contributed by atoms with E-state index in [1.54, 1.807) is 41.3 Å². The van der Waals surface area contributed by atoms with E-state index in [1.807, 2.05) is 19.1 Å². The number of nitrogen functional groups attached to an aromatic ring is 1. The molecule has 4 rings (SSSR count). The Morgan fingerprint density at radius 2 is 2.00 bits per heavy atom. The van der Waals surface area contributed by atoms with Gasteiger partial charge >= 0.3 is 0 Å². The van der Waals surface area contributed by atoms with Gasteiger partial charge in [0.2, 0.25) is 0 Å². The first-order valence-electron chi connectivity index (χ1n) is 9.29. The molecule has 3 N–H and O–H groups in total. The number of rotatable bonds is 7. The summed E-state index contributed by atoms with van der Waals surface area (Å²) in [7, 11) is 0. The van der Waals surface area contributed by atoms with Crippen molar-refractivity contribution in [2.24, 2.45) is 0 Å². The molecular formula is C21H20FN5O2S. The van der Waals surface area contributed by atoms with Crippen LogP contribution in [-0.4, -0.2) is 24.7 Å². The molecule has 0 saturated heterocycles. The molecule has 4 aromatic rings. The summed E-state index contributed by atoms with van der Waals surface area (Å²) in [4.78, 5) is 8.61. The first-order chi connectivity index (χ1) is 14.5. The topological polar surface area (TPSA) is 101 Å². The first kappa shape index (κ1) is 20.0. The minimum absolute atomic E-state index is 0.227. The average molecular weight is 425 g/mol. The number of hydrogen-bond acceptors (Lipinski definition) is 6. The number of halogens is 1. The van der Waals surface area contributed by atoms with Gasteiger partial charge in [-0.2, -0.15) is 0 Å². The quantitative estimate of drug-likeness (QED) is 0.437. The third kappa shape index (κ3) is 4.17. The van der Waals surface area contributed by atoms with Gasteiger partial charge in [0.1, 0.15) is 47.3 Å². The lowest BCUT2D eigenvalue weighted by Crippen LogP contribution is -2.15. The van der Waals surface area contributed by atoms with E-state index in [0.717, 1.165) is 11.1 Å². The molecule has 0 spiro atoms. The van der Waals surface area contributed by atoms with Gasteiger partial charge in [-0.05, 0) is 36.8 Å². The Hall–Kier alpha value is -3.30. The minimum atomic E-state index is -1.24. The summed E-state index contributed by atoms with van der Waals surface area (Å²) in [6, 6.07) is 11.5. The van der Waals surface area contributed by atoms with E-state index in [4.69, 9.17) is 10.5 Å². The SMILES string of the molecule is CC[S+]([O-])Nc1ccc(-c2ncn3ccnc(N)c23)cc1OCc1ccc(F)cc1. The highest BCUT2D eigenvalue weighted by Gasteiger charge is 2.16. The molecule has 0 fully saturated rings. The maximum atomic E-state index is 13.2. The van der Waals surface area contributed by atoms with E-state index >= 15 is 0 Å². The molecule has 0 saturated carbocycles. The van der Waals surface area contributed by atoms with Crippen LogP contribution in [0.2, 0.25) is 0 Å². The first-order valence-corrected chi connectivity index (χ1v) is 10.6. The molecule has 1 atom stereocenters. The fourth-order valence-electron chi connectivity index (χ4n) is 3.00. The van der Waals surface area contributed by atoms with Crippen molar-refractivity contribution in [3.05, 3.63) is 72.6 Å². The van der Waals surface area contributed by atoms with E-state index in [0.29, 0.717) is 34.2 Å². The van der Waals surface area contributed by atoms with Crippen molar-refractivity contribution >= 4 is 28.4 Å². The number of fused-ring (bicyclic) bond motifs is 1. The van der Waals surface area contributed by atoms with Crippen molar-refractivity contribution < 1.29 is 13.7 Å². The van der Waals surface area contributed by atoms with Gasteiger partial charge in [0.25, 0.3) is 0 Å². The summed E-state index contributed by atoms with van der Waals surface area (Å²) in [5, 5.41) is 0. The zero-order valence-electron chi connectivity index (χ0n) is 16.2. The molecule has 2 aromatic heterocycles. The van der Waals surface area contributed by atoms with Crippen LogP contribution in [0, 0.1) is 5.82 Å². The number of anilines is 2. The second kappa shape index (κ2) is 8.60. The molecule has 7 nitrogen and oxygen atoms in total. The summed E-state index contributed by atoms with van der Waals surface area (Å²) in [5.41, 5.74) is 9.59. The molecule has 1 unspecified atom stereocenters. The lowest BCUT2D eigenvalue weighted by atomic mass is 10.1. The molecule has 2 aromatic carbocycles. The molecule has 0 aliphatic rings. The fourth-order valence-corrected chi connectivity index (χ4v) is 3.55.